The highest BCUT2D eigenvalue weighted by Crippen LogP contribution is 2.50. The monoisotopic (exact) mass is 296 g/mol. The molecule has 1 spiro atoms. The van der Waals surface area contributed by atoms with Crippen molar-refractivity contribution in [3.05, 3.63) is 11.6 Å². The van der Waals surface area contributed by atoms with E-state index in [1.807, 2.05) is 19.9 Å². The van der Waals surface area contributed by atoms with Crippen LogP contribution in [-0.4, -0.2) is 43.3 Å². The minimum atomic E-state index is -0.574. The fourth-order valence-electron chi connectivity index (χ4n) is 3.96. The van der Waals surface area contributed by atoms with Gasteiger partial charge in [0.15, 0.2) is 5.79 Å². The van der Waals surface area contributed by atoms with E-state index in [1.54, 1.807) is 0 Å². The second-order valence-electron chi connectivity index (χ2n) is 6.68. The van der Waals surface area contributed by atoms with E-state index in [2.05, 4.69) is 6.92 Å². The van der Waals surface area contributed by atoms with Crippen molar-refractivity contribution in [3.63, 3.8) is 0 Å². The molecule has 3 aliphatic rings. The van der Waals surface area contributed by atoms with Gasteiger partial charge >= 0.3 is 0 Å². The van der Waals surface area contributed by atoms with Crippen molar-refractivity contribution < 1.29 is 23.7 Å². The van der Waals surface area contributed by atoms with Gasteiger partial charge in [-0.2, -0.15) is 0 Å². The number of ether oxygens (including phenoxy) is 4. The average Bonchev–Trinajstić information content (AvgIpc) is 3.01. The zero-order chi connectivity index (χ0) is 15.1. The van der Waals surface area contributed by atoms with E-state index >= 15 is 0 Å². The first kappa shape index (κ1) is 15.2. The lowest BCUT2D eigenvalue weighted by Crippen LogP contribution is -2.55. The fraction of sp³-hybridized carbons (Fsp3) is 0.812. The largest absolute Gasteiger partial charge is 0.349 e. The maximum atomic E-state index is 10.7. The van der Waals surface area contributed by atoms with Crippen LogP contribution in [-0.2, 0) is 23.7 Å². The Hall–Kier alpha value is -0.750. The van der Waals surface area contributed by atoms with E-state index in [9.17, 15) is 4.79 Å². The SMILES string of the molecule is C/C(=C\CC=O)[C@H]1[C@@H]2OCO[C@@H]2CC[C@]12COC(C)(C)O2. The van der Waals surface area contributed by atoms with Crippen LogP contribution in [0.2, 0.25) is 0 Å². The van der Waals surface area contributed by atoms with Crippen molar-refractivity contribution in [2.45, 2.75) is 63.6 Å². The van der Waals surface area contributed by atoms with Gasteiger partial charge < -0.3 is 23.7 Å². The minimum Gasteiger partial charge on any atom is -0.349 e. The van der Waals surface area contributed by atoms with Gasteiger partial charge in [0.05, 0.1) is 18.8 Å². The lowest BCUT2D eigenvalue weighted by atomic mass is 9.69. The van der Waals surface area contributed by atoms with Gasteiger partial charge in [0, 0.05) is 12.3 Å². The van der Waals surface area contributed by atoms with Crippen LogP contribution in [0.3, 0.4) is 0 Å². The molecule has 0 aromatic rings. The Morgan fingerprint density at radius 3 is 2.81 bits per heavy atom. The summed E-state index contributed by atoms with van der Waals surface area (Å²) in [5, 5.41) is 0. The summed E-state index contributed by atoms with van der Waals surface area (Å²) in [4.78, 5) is 10.7. The molecule has 2 saturated heterocycles. The molecule has 21 heavy (non-hydrogen) atoms. The van der Waals surface area contributed by atoms with Crippen LogP contribution >= 0.6 is 0 Å². The number of carbonyl (C=O) groups is 1. The average molecular weight is 296 g/mol. The van der Waals surface area contributed by atoms with Gasteiger partial charge in [-0.3, -0.25) is 0 Å². The van der Waals surface area contributed by atoms with Crippen LogP contribution < -0.4 is 0 Å². The first-order valence-electron chi connectivity index (χ1n) is 7.65. The number of carbonyl (C=O) groups excluding carboxylic acids is 1. The first-order valence-corrected chi connectivity index (χ1v) is 7.65. The molecule has 2 heterocycles. The molecule has 0 aromatic heterocycles. The predicted molar refractivity (Wildman–Crippen MR) is 75.6 cm³/mol. The van der Waals surface area contributed by atoms with Crippen molar-refractivity contribution in [1.29, 1.82) is 0 Å². The summed E-state index contributed by atoms with van der Waals surface area (Å²) in [5.41, 5.74) is 0.755. The number of rotatable bonds is 3. The van der Waals surface area contributed by atoms with Gasteiger partial charge in [0.2, 0.25) is 0 Å². The van der Waals surface area contributed by atoms with Gasteiger partial charge in [0.25, 0.3) is 0 Å². The number of fused-ring (bicyclic) bond motifs is 1. The lowest BCUT2D eigenvalue weighted by Gasteiger charge is -2.45. The van der Waals surface area contributed by atoms with Crippen LogP contribution in [0, 0.1) is 5.92 Å². The molecular weight excluding hydrogens is 272 g/mol. The van der Waals surface area contributed by atoms with Gasteiger partial charge in [-0.1, -0.05) is 11.6 Å². The molecular formula is C16H24O5. The number of allylic oxidation sites excluding steroid dienone is 1. The van der Waals surface area contributed by atoms with E-state index in [4.69, 9.17) is 18.9 Å². The molecule has 3 fully saturated rings. The van der Waals surface area contributed by atoms with Crippen LogP contribution in [0.1, 0.15) is 40.0 Å². The van der Waals surface area contributed by atoms with Crippen molar-refractivity contribution in [2.24, 2.45) is 5.92 Å². The Balaban J connectivity index is 1.92. The summed E-state index contributed by atoms with van der Waals surface area (Å²) in [6.07, 6.45) is 5.21. The zero-order valence-electron chi connectivity index (χ0n) is 13.0. The Morgan fingerprint density at radius 2 is 2.14 bits per heavy atom. The quantitative estimate of drug-likeness (QED) is 0.590. The molecule has 2 aliphatic heterocycles. The molecule has 1 aliphatic carbocycles. The van der Waals surface area contributed by atoms with Gasteiger partial charge in [-0.25, -0.2) is 0 Å². The maximum Gasteiger partial charge on any atom is 0.163 e. The van der Waals surface area contributed by atoms with E-state index in [-0.39, 0.29) is 23.7 Å². The highest BCUT2D eigenvalue weighted by Gasteiger charge is 2.58. The third kappa shape index (κ3) is 2.68. The number of aldehydes is 1. The molecule has 5 heteroatoms. The molecule has 0 radical (unpaired) electrons. The molecule has 5 nitrogen and oxygen atoms in total. The van der Waals surface area contributed by atoms with E-state index in [0.29, 0.717) is 19.8 Å². The van der Waals surface area contributed by atoms with E-state index < -0.39 is 5.79 Å². The molecule has 3 rings (SSSR count). The van der Waals surface area contributed by atoms with Gasteiger partial charge in [0.1, 0.15) is 18.7 Å². The Labute approximate surface area is 125 Å². The molecule has 118 valence electrons. The number of hydrogen-bond acceptors (Lipinski definition) is 5. The summed E-state index contributed by atoms with van der Waals surface area (Å²) in [6.45, 7) is 6.84. The molecule has 1 saturated carbocycles. The van der Waals surface area contributed by atoms with Crippen LogP contribution in [0.25, 0.3) is 0 Å². The summed E-state index contributed by atoms with van der Waals surface area (Å²) in [7, 11) is 0. The second kappa shape index (κ2) is 5.47. The van der Waals surface area contributed by atoms with Crippen LogP contribution in [0.4, 0.5) is 0 Å². The Morgan fingerprint density at radius 1 is 1.33 bits per heavy atom. The van der Waals surface area contributed by atoms with Crippen LogP contribution in [0.5, 0.6) is 0 Å². The third-order valence-electron chi connectivity index (χ3n) is 4.80. The van der Waals surface area contributed by atoms with E-state index in [1.165, 1.54) is 0 Å². The highest BCUT2D eigenvalue weighted by molar-refractivity contribution is 5.52. The second-order valence-corrected chi connectivity index (χ2v) is 6.68. The summed E-state index contributed by atoms with van der Waals surface area (Å²) in [5.74, 6) is -0.504. The predicted octanol–water partition coefficient (Wildman–Crippen LogP) is 2.19. The van der Waals surface area contributed by atoms with Crippen molar-refractivity contribution in [1.82, 2.24) is 0 Å². The standard InChI is InChI=1S/C16H24O5/c1-11(5-4-8-17)13-14-12(18-10-19-14)6-7-16(13)9-20-15(2,3)21-16/h5,8,12-14H,4,6-7,9-10H2,1-3H3/b11-5+/t12-,13+,14-,16+/m1/s1. The molecule has 0 aromatic carbocycles. The Kier molecular flexibility index (Phi) is 3.94. The van der Waals surface area contributed by atoms with Gasteiger partial charge in [-0.05, 0) is 33.6 Å². The third-order valence-corrected chi connectivity index (χ3v) is 4.80. The molecule has 4 atom stereocenters. The summed E-state index contributed by atoms with van der Waals surface area (Å²) >= 11 is 0. The van der Waals surface area contributed by atoms with Gasteiger partial charge in [-0.15, -0.1) is 0 Å². The molecule has 0 N–H and O–H groups in total. The lowest BCUT2D eigenvalue weighted by molar-refractivity contribution is -0.189. The molecule has 0 unspecified atom stereocenters. The molecule has 0 amide bonds. The topological polar surface area (TPSA) is 54.0 Å². The van der Waals surface area contributed by atoms with Crippen molar-refractivity contribution in [2.75, 3.05) is 13.4 Å². The van der Waals surface area contributed by atoms with Crippen molar-refractivity contribution in [3.8, 4) is 0 Å². The molecule has 0 bridgehead atoms. The maximum absolute atomic E-state index is 10.7. The van der Waals surface area contributed by atoms with Crippen molar-refractivity contribution >= 4 is 6.29 Å². The first-order chi connectivity index (χ1) is 9.97. The minimum absolute atomic E-state index is 0.0147. The van der Waals surface area contributed by atoms with Crippen LogP contribution in [0.15, 0.2) is 11.6 Å². The summed E-state index contributed by atoms with van der Waals surface area (Å²) in [6, 6.07) is 0. The fourth-order valence-corrected chi connectivity index (χ4v) is 3.96. The van der Waals surface area contributed by atoms with E-state index in [0.717, 1.165) is 24.7 Å². The Bertz CT molecular complexity index is 444. The summed E-state index contributed by atoms with van der Waals surface area (Å²) < 4.78 is 23.7. The smallest absolute Gasteiger partial charge is 0.163 e. The zero-order valence-corrected chi connectivity index (χ0v) is 13.0. The highest BCUT2D eigenvalue weighted by atomic mass is 16.8. The number of hydrogen-bond donors (Lipinski definition) is 0. The normalized spacial score (nSPS) is 42.2.